The van der Waals surface area contributed by atoms with Gasteiger partial charge in [-0.1, -0.05) is 19.1 Å². The van der Waals surface area contributed by atoms with Crippen molar-refractivity contribution in [3.8, 4) is 6.07 Å². The average Bonchev–Trinajstić information content (AvgIpc) is 2.53. The number of rotatable bonds is 8. The standard InChI is InChI=1S/C17H20FN3O4/c1-10(7-8-19)15(17(24)25)21-16(23)14(20-11(2)22)9-12-3-5-13(18)6-4-12/h3-6,10,14-15H,7,9H2,1-2H3,(H,20,22)(H,21,23)(H,24,25)/t10-,14-,15-/m1/s1. The van der Waals surface area contributed by atoms with E-state index in [1.807, 2.05) is 6.07 Å². The molecule has 25 heavy (non-hydrogen) atoms. The average molecular weight is 349 g/mol. The van der Waals surface area contributed by atoms with Gasteiger partial charge in [0.05, 0.1) is 6.07 Å². The molecule has 1 rings (SSSR count). The summed E-state index contributed by atoms with van der Waals surface area (Å²) in [6, 6.07) is 5.01. The van der Waals surface area contributed by atoms with Crippen LogP contribution in [-0.2, 0) is 20.8 Å². The van der Waals surface area contributed by atoms with Crippen molar-refractivity contribution >= 4 is 17.8 Å². The molecule has 3 N–H and O–H groups in total. The summed E-state index contributed by atoms with van der Waals surface area (Å²) >= 11 is 0. The highest BCUT2D eigenvalue weighted by Crippen LogP contribution is 2.10. The molecule has 0 heterocycles. The van der Waals surface area contributed by atoms with Crippen LogP contribution in [0.3, 0.4) is 0 Å². The molecule has 1 aromatic carbocycles. The Morgan fingerprint density at radius 3 is 2.32 bits per heavy atom. The minimum absolute atomic E-state index is 0.0417. The normalized spacial score (nSPS) is 13.8. The van der Waals surface area contributed by atoms with Gasteiger partial charge in [0, 0.05) is 25.7 Å². The first kappa shape index (κ1) is 20.1. The highest BCUT2D eigenvalue weighted by atomic mass is 19.1. The molecule has 0 unspecified atom stereocenters. The van der Waals surface area contributed by atoms with Gasteiger partial charge < -0.3 is 15.7 Å². The minimum atomic E-state index is -1.26. The van der Waals surface area contributed by atoms with E-state index in [-0.39, 0.29) is 12.8 Å². The molecule has 7 nitrogen and oxygen atoms in total. The molecule has 0 spiro atoms. The summed E-state index contributed by atoms with van der Waals surface area (Å²) < 4.78 is 13.0. The second kappa shape index (κ2) is 9.37. The van der Waals surface area contributed by atoms with E-state index in [1.165, 1.54) is 38.1 Å². The summed E-state index contributed by atoms with van der Waals surface area (Å²) in [6.07, 6.45) is 0.0324. The topological polar surface area (TPSA) is 119 Å². The fourth-order valence-electron chi connectivity index (χ4n) is 2.27. The fourth-order valence-corrected chi connectivity index (χ4v) is 2.27. The largest absolute Gasteiger partial charge is 0.480 e. The summed E-state index contributed by atoms with van der Waals surface area (Å²) in [4.78, 5) is 35.1. The quantitative estimate of drug-likeness (QED) is 0.647. The van der Waals surface area contributed by atoms with Gasteiger partial charge in [0.15, 0.2) is 0 Å². The van der Waals surface area contributed by atoms with E-state index in [2.05, 4.69) is 10.6 Å². The van der Waals surface area contributed by atoms with Gasteiger partial charge in [-0.25, -0.2) is 9.18 Å². The van der Waals surface area contributed by atoms with Gasteiger partial charge in [-0.15, -0.1) is 0 Å². The molecule has 0 saturated heterocycles. The number of halogens is 1. The van der Waals surface area contributed by atoms with Crippen molar-refractivity contribution in [1.82, 2.24) is 10.6 Å². The Hall–Kier alpha value is -2.95. The van der Waals surface area contributed by atoms with Crippen molar-refractivity contribution in [3.63, 3.8) is 0 Å². The SMILES string of the molecule is CC(=O)N[C@H](Cc1ccc(F)cc1)C(=O)N[C@@H](C(=O)O)[C@H](C)CC#N. The van der Waals surface area contributed by atoms with E-state index in [0.29, 0.717) is 5.56 Å². The molecule has 1 aromatic rings. The Morgan fingerprint density at radius 2 is 1.84 bits per heavy atom. The van der Waals surface area contributed by atoms with E-state index in [4.69, 9.17) is 5.26 Å². The van der Waals surface area contributed by atoms with Gasteiger partial charge in [0.25, 0.3) is 0 Å². The Labute approximate surface area is 144 Å². The summed E-state index contributed by atoms with van der Waals surface area (Å²) in [7, 11) is 0. The third-order valence-corrected chi connectivity index (χ3v) is 3.59. The number of carboxylic acid groups (broad SMARTS) is 1. The van der Waals surface area contributed by atoms with Crippen LogP contribution in [0.25, 0.3) is 0 Å². The maximum Gasteiger partial charge on any atom is 0.326 e. The first-order chi connectivity index (χ1) is 11.7. The molecule has 3 atom stereocenters. The van der Waals surface area contributed by atoms with Gasteiger partial charge in [-0.3, -0.25) is 9.59 Å². The van der Waals surface area contributed by atoms with Gasteiger partial charge in [0.2, 0.25) is 11.8 Å². The van der Waals surface area contributed by atoms with E-state index in [1.54, 1.807) is 0 Å². The lowest BCUT2D eigenvalue weighted by Gasteiger charge is -2.23. The van der Waals surface area contributed by atoms with Gasteiger partial charge >= 0.3 is 5.97 Å². The maximum atomic E-state index is 13.0. The monoisotopic (exact) mass is 349 g/mol. The highest BCUT2D eigenvalue weighted by Gasteiger charge is 2.30. The van der Waals surface area contributed by atoms with Crippen molar-refractivity contribution in [3.05, 3.63) is 35.6 Å². The number of carbonyl (C=O) groups is 3. The summed E-state index contributed by atoms with van der Waals surface area (Å²) in [5, 5.41) is 22.8. The van der Waals surface area contributed by atoms with E-state index in [0.717, 1.165) is 0 Å². The molecule has 0 aromatic heterocycles. The molecule has 0 aliphatic rings. The molecule has 134 valence electrons. The number of carbonyl (C=O) groups excluding carboxylic acids is 2. The van der Waals surface area contributed by atoms with Crippen LogP contribution in [0.15, 0.2) is 24.3 Å². The molecule has 0 saturated carbocycles. The van der Waals surface area contributed by atoms with Crippen LogP contribution in [0.1, 0.15) is 25.8 Å². The van der Waals surface area contributed by atoms with Crippen molar-refractivity contribution in [2.75, 3.05) is 0 Å². The number of nitriles is 1. The number of aliphatic carboxylic acids is 1. The number of nitrogens with zero attached hydrogens (tertiary/aromatic N) is 1. The Bertz CT molecular complexity index is 669. The van der Waals surface area contributed by atoms with Gasteiger partial charge in [-0.05, 0) is 17.7 Å². The molecule has 0 bridgehead atoms. The summed E-state index contributed by atoms with van der Waals surface area (Å²) in [5.74, 6) is -3.44. The van der Waals surface area contributed by atoms with Crippen molar-refractivity contribution in [1.29, 1.82) is 5.26 Å². The molecule has 8 heteroatoms. The zero-order chi connectivity index (χ0) is 19.0. The number of hydrogen-bond donors (Lipinski definition) is 3. The first-order valence-electron chi connectivity index (χ1n) is 7.66. The van der Waals surface area contributed by atoms with E-state index in [9.17, 15) is 23.9 Å². The Kier molecular flexibility index (Phi) is 7.53. The zero-order valence-corrected chi connectivity index (χ0v) is 14.0. The number of amides is 2. The Balaban J connectivity index is 2.91. The number of benzene rings is 1. The number of hydrogen-bond acceptors (Lipinski definition) is 4. The van der Waals surface area contributed by atoms with Crippen LogP contribution in [0, 0.1) is 23.1 Å². The molecular formula is C17H20FN3O4. The Morgan fingerprint density at radius 1 is 1.24 bits per heavy atom. The van der Waals surface area contributed by atoms with E-state index < -0.39 is 41.6 Å². The minimum Gasteiger partial charge on any atom is -0.480 e. The number of nitrogens with one attached hydrogen (secondary N) is 2. The lowest BCUT2D eigenvalue weighted by atomic mass is 9.98. The van der Waals surface area contributed by atoms with Crippen LogP contribution in [0.5, 0.6) is 0 Å². The van der Waals surface area contributed by atoms with Gasteiger partial charge in [-0.2, -0.15) is 5.26 Å². The molecule has 2 amide bonds. The fraction of sp³-hybridized carbons (Fsp3) is 0.412. The number of carboxylic acids is 1. The third kappa shape index (κ3) is 6.59. The smallest absolute Gasteiger partial charge is 0.326 e. The van der Waals surface area contributed by atoms with Crippen LogP contribution in [0.2, 0.25) is 0 Å². The third-order valence-electron chi connectivity index (χ3n) is 3.59. The van der Waals surface area contributed by atoms with Gasteiger partial charge in [0.1, 0.15) is 17.9 Å². The van der Waals surface area contributed by atoms with Crippen LogP contribution in [-0.4, -0.2) is 35.0 Å². The molecule has 0 radical (unpaired) electrons. The highest BCUT2D eigenvalue weighted by molar-refractivity contribution is 5.90. The molecular weight excluding hydrogens is 329 g/mol. The van der Waals surface area contributed by atoms with Crippen molar-refractivity contribution in [2.24, 2.45) is 5.92 Å². The van der Waals surface area contributed by atoms with Crippen molar-refractivity contribution < 1.29 is 23.9 Å². The second-order valence-electron chi connectivity index (χ2n) is 5.75. The molecule has 0 aliphatic heterocycles. The summed E-state index contributed by atoms with van der Waals surface area (Å²) in [6.45, 7) is 2.77. The second-order valence-corrected chi connectivity index (χ2v) is 5.75. The summed E-state index contributed by atoms with van der Waals surface area (Å²) in [5.41, 5.74) is 0.604. The maximum absolute atomic E-state index is 13.0. The van der Waals surface area contributed by atoms with Crippen LogP contribution < -0.4 is 10.6 Å². The van der Waals surface area contributed by atoms with Crippen LogP contribution in [0.4, 0.5) is 4.39 Å². The predicted molar refractivity (Wildman–Crippen MR) is 86.7 cm³/mol. The lowest BCUT2D eigenvalue weighted by Crippen LogP contribution is -2.53. The zero-order valence-electron chi connectivity index (χ0n) is 14.0. The lowest BCUT2D eigenvalue weighted by molar-refractivity contribution is -0.143. The van der Waals surface area contributed by atoms with Crippen LogP contribution >= 0.6 is 0 Å². The molecule has 0 aliphatic carbocycles. The predicted octanol–water partition coefficient (Wildman–Crippen LogP) is 0.992. The molecule has 0 fully saturated rings. The first-order valence-corrected chi connectivity index (χ1v) is 7.66. The van der Waals surface area contributed by atoms with E-state index >= 15 is 0 Å². The van der Waals surface area contributed by atoms with Crippen molar-refractivity contribution in [2.45, 2.75) is 38.8 Å².